The summed E-state index contributed by atoms with van der Waals surface area (Å²) < 4.78 is 4.87. The summed E-state index contributed by atoms with van der Waals surface area (Å²) >= 11 is 0. The maximum Gasteiger partial charge on any atom is 0.327 e. The van der Waals surface area contributed by atoms with Crippen molar-refractivity contribution in [2.45, 2.75) is 39.5 Å². The van der Waals surface area contributed by atoms with Gasteiger partial charge in [-0.2, -0.15) is 0 Å². The monoisotopic (exact) mass is 219 g/mol. The number of hydrogen-bond acceptors (Lipinski definition) is 5. The molecule has 0 fully saturated rings. The number of hydrogen-bond donors (Lipinski definition) is 3. The Morgan fingerprint density at radius 1 is 1.27 bits per heavy atom. The molecule has 0 bridgehead atoms. The highest BCUT2D eigenvalue weighted by atomic mass is 16.6. The smallest absolute Gasteiger partial charge is 0.327 e. The highest BCUT2D eigenvalue weighted by Crippen LogP contribution is 2.24. The van der Waals surface area contributed by atoms with Crippen molar-refractivity contribution in [3.05, 3.63) is 0 Å². The lowest BCUT2D eigenvalue weighted by Gasteiger charge is -2.29. The van der Waals surface area contributed by atoms with E-state index >= 15 is 0 Å². The number of carbonyl (C=O) groups excluding carboxylic acids is 1. The Hall–Kier alpha value is -1.14. The molecule has 0 saturated carbocycles. The first-order chi connectivity index (χ1) is 6.51. The summed E-state index contributed by atoms with van der Waals surface area (Å²) in [5.74, 6) is -2.58. The highest BCUT2D eigenvalue weighted by Gasteiger charge is 2.49. The van der Waals surface area contributed by atoms with Gasteiger partial charge in [0, 0.05) is 0 Å². The molecule has 2 atom stereocenters. The number of carbonyl (C=O) groups is 2. The molecule has 6 heteroatoms. The average molecular weight is 219 g/mol. The maximum absolute atomic E-state index is 11.5. The minimum Gasteiger partial charge on any atom is -0.480 e. The molecule has 6 nitrogen and oxygen atoms in total. The Morgan fingerprint density at radius 2 is 1.67 bits per heavy atom. The zero-order valence-electron chi connectivity index (χ0n) is 9.27. The third-order valence-corrected chi connectivity index (χ3v) is 1.86. The molecule has 0 radical (unpaired) electrons. The molecule has 0 heterocycles. The normalized spacial score (nSPS) is 17.7. The molecule has 0 rings (SSSR count). The molecule has 0 aliphatic heterocycles. The number of aliphatic hydroxyl groups excluding tert-OH is 1. The van der Waals surface area contributed by atoms with Crippen LogP contribution in [0, 0.1) is 5.41 Å². The van der Waals surface area contributed by atoms with Crippen LogP contribution in [0.2, 0.25) is 0 Å². The lowest BCUT2D eigenvalue weighted by Crippen LogP contribution is -2.53. The predicted octanol–water partition coefficient (Wildman–Crippen LogP) is -0.304. The van der Waals surface area contributed by atoms with E-state index in [0.717, 1.165) is 6.92 Å². The summed E-state index contributed by atoms with van der Waals surface area (Å²) in [4.78, 5) is 22.4. The number of nitrogens with two attached hydrogens (primary N) is 1. The van der Waals surface area contributed by atoms with Crippen LogP contribution in [0.1, 0.15) is 27.7 Å². The quantitative estimate of drug-likeness (QED) is 0.341. The van der Waals surface area contributed by atoms with Crippen LogP contribution in [0.3, 0.4) is 0 Å². The van der Waals surface area contributed by atoms with Crippen LogP contribution >= 0.6 is 0 Å². The fourth-order valence-electron chi connectivity index (χ4n) is 0.719. The van der Waals surface area contributed by atoms with Gasteiger partial charge >= 0.3 is 11.9 Å². The second kappa shape index (κ2) is 4.16. The second-order valence-corrected chi connectivity index (χ2v) is 4.45. The van der Waals surface area contributed by atoms with Crippen LogP contribution in [-0.4, -0.2) is 34.0 Å². The lowest BCUT2D eigenvalue weighted by atomic mass is 9.88. The molecule has 0 aromatic carbocycles. The van der Waals surface area contributed by atoms with Gasteiger partial charge in [0.05, 0.1) is 0 Å². The first kappa shape index (κ1) is 13.9. The first-order valence-electron chi connectivity index (χ1n) is 4.42. The topological polar surface area (TPSA) is 110 Å². The number of rotatable bonds is 3. The molecular weight excluding hydrogens is 202 g/mol. The van der Waals surface area contributed by atoms with Crippen molar-refractivity contribution in [1.82, 2.24) is 0 Å². The summed E-state index contributed by atoms with van der Waals surface area (Å²) in [6, 6.07) is 0. The zero-order chi connectivity index (χ0) is 12.4. The van der Waals surface area contributed by atoms with Crippen molar-refractivity contribution in [2.75, 3.05) is 0 Å². The number of ether oxygens (including phenoxy) is 1. The van der Waals surface area contributed by atoms with Crippen LogP contribution in [0.4, 0.5) is 0 Å². The summed E-state index contributed by atoms with van der Waals surface area (Å²) in [6.07, 6.45) is -1.81. The fraction of sp³-hybridized carbons (Fsp3) is 0.778. The van der Waals surface area contributed by atoms with E-state index in [4.69, 9.17) is 20.7 Å². The van der Waals surface area contributed by atoms with Gasteiger partial charge in [0.1, 0.15) is 11.8 Å². The molecule has 0 aromatic heterocycles. The van der Waals surface area contributed by atoms with E-state index < -0.39 is 29.2 Å². The van der Waals surface area contributed by atoms with Gasteiger partial charge in [0.25, 0.3) is 0 Å². The Kier molecular flexibility index (Phi) is 3.84. The summed E-state index contributed by atoms with van der Waals surface area (Å²) in [5.41, 5.74) is 2.09. The second-order valence-electron chi connectivity index (χ2n) is 4.45. The molecule has 15 heavy (non-hydrogen) atoms. The summed E-state index contributed by atoms with van der Waals surface area (Å²) in [6.45, 7) is 5.80. The lowest BCUT2D eigenvalue weighted by molar-refractivity contribution is -0.183. The van der Waals surface area contributed by atoms with Gasteiger partial charge in [-0.1, -0.05) is 0 Å². The molecule has 0 amide bonds. The van der Waals surface area contributed by atoms with E-state index in [9.17, 15) is 9.59 Å². The van der Waals surface area contributed by atoms with E-state index in [0.29, 0.717) is 0 Å². The van der Waals surface area contributed by atoms with Gasteiger partial charge < -0.3 is 20.7 Å². The zero-order valence-corrected chi connectivity index (χ0v) is 9.27. The number of carboxylic acids is 1. The minimum absolute atomic E-state index is 0.831. The Balaban J connectivity index is 4.97. The van der Waals surface area contributed by atoms with E-state index in [1.54, 1.807) is 20.8 Å². The van der Waals surface area contributed by atoms with E-state index in [2.05, 4.69) is 0 Å². The van der Waals surface area contributed by atoms with Gasteiger partial charge in [0.15, 0.2) is 0 Å². The number of aliphatic carboxylic acids is 1. The Morgan fingerprint density at radius 3 is 1.87 bits per heavy atom. The van der Waals surface area contributed by atoms with Crippen molar-refractivity contribution < 1.29 is 24.5 Å². The van der Waals surface area contributed by atoms with Gasteiger partial charge in [0.2, 0.25) is 5.41 Å². The Bertz CT molecular complexity index is 268. The van der Waals surface area contributed by atoms with E-state index in [1.807, 2.05) is 0 Å². The largest absolute Gasteiger partial charge is 0.480 e. The van der Waals surface area contributed by atoms with Crippen LogP contribution in [-0.2, 0) is 14.3 Å². The van der Waals surface area contributed by atoms with E-state index in [1.165, 1.54) is 0 Å². The fourth-order valence-corrected chi connectivity index (χ4v) is 0.719. The van der Waals surface area contributed by atoms with Gasteiger partial charge in [-0.15, -0.1) is 0 Å². The van der Waals surface area contributed by atoms with Crippen molar-refractivity contribution in [2.24, 2.45) is 11.1 Å². The molecule has 0 spiro atoms. The van der Waals surface area contributed by atoms with Gasteiger partial charge in [-0.25, -0.2) is 0 Å². The predicted molar refractivity (Wildman–Crippen MR) is 51.8 cm³/mol. The summed E-state index contributed by atoms with van der Waals surface area (Å²) in [7, 11) is 0. The van der Waals surface area contributed by atoms with E-state index in [-0.39, 0.29) is 0 Å². The molecule has 0 aliphatic carbocycles. The van der Waals surface area contributed by atoms with Crippen LogP contribution in [0.15, 0.2) is 0 Å². The van der Waals surface area contributed by atoms with Crippen molar-refractivity contribution in [3.8, 4) is 0 Å². The van der Waals surface area contributed by atoms with Crippen LogP contribution < -0.4 is 5.73 Å². The molecule has 0 saturated heterocycles. The third-order valence-electron chi connectivity index (χ3n) is 1.86. The average Bonchev–Trinajstić information content (AvgIpc) is 1.98. The van der Waals surface area contributed by atoms with Crippen LogP contribution in [0.25, 0.3) is 0 Å². The number of carboxylic acid groups (broad SMARTS) is 1. The van der Waals surface area contributed by atoms with Crippen molar-refractivity contribution >= 4 is 11.9 Å². The molecule has 0 aromatic rings. The molecule has 0 aliphatic rings. The minimum atomic E-state index is -2.15. The molecule has 4 N–H and O–H groups in total. The standard InChI is InChI=1S/C9H17NO5/c1-8(2,3)15-7(14)9(4,5(10)11)6(12)13/h5,11H,10H2,1-4H3,(H,12,13). The van der Waals surface area contributed by atoms with Gasteiger partial charge in [-0.3, -0.25) is 9.59 Å². The third kappa shape index (κ3) is 3.17. The Labute approximate surface area is 88.0 Å². The highest BCUT2D eigenvalue weighted by molar-refractivity contribution is 5.99. The van der Waals surface area contributed by atoms with Gasteiger partial charge in [-0.05, 0) is 27.7 Å². The maximum atomic E-state index is 11.5. The molecule has 88 valence electrons. The molecular formula is C9H17NO5. The number of esters is 1. The SMILES string of the molecule is CC(C)(C)OC(=O)C(C)(C(=O)O)C(N)O. The first-order valence-corrected chi connectivity index (χ1v) is 4.42. The molecule has 2 unspecified atom stereocenters. The van der Waals surface area contributed by atoms with Crippen LogP contribution in [0.5, 0.6) is 0 Å². The summed E-state index contributed by atoms with van der Waals surface area (Å²) in [5, 5.41) is 17.9. The van der Waals surface area contributed by atoms with Crippen molar-refractivity contribution in [1.29, 1.82) is 0 Å². The number of aliphatic hydroxyl groups is 1. The van der Waals surface area contributed by atoms with Crippen molar-refractivity contribution in [3.63, 3.8) is 0 Å².